The Kier molecular flexibility index (Phi) is 16.7. The highest BCUT2D eigenvalue weighted by atomic mass is 16.5. The van der Waals surface area contributed by atoms with E-state index in [1.54, 1.807) is 0 Å². The van der Waals surface area contributed by atoms with Crippen LogP contribution in [0.3, 0.4) is 0 Å². The first-order valence-corrected chi connectivity index (χ1v) is 21.7. The van der Waals surface area contributed by atoms with Gasteiger partial charge in [0.15, 0.2) is 0 Å². The third-order valence-corrected chi connectivity index (χ3v) is 14.8. The topological polar surface area (TPSA) is 110 Å². The Balaban J connectivity index is 1.55. The van der Waals surface area contributed by atoms with Gasteiger partial charge in [0.2, 0.25) is 0 Å². The Morgan fingerprint density at radius 1 is 0.706 bits per heavy atom. The molecule has 0 aromatic rings. The van der Waals surface area contributed by atoms with Crippen LogP contribution in [-0.2, 0) is 23.9 Å². The van der Waals surface area contributed by atoms with Gasteiger partial charge in [-0.15, -0.1) is 0 Å². The van der Waals surface area contributed by atoms with E-state index in [0.717, 1.165) is 77.0 Å². The van der Waals surface area contributed by atoms with Gasteiger partial charge in [-0.05, 0) is 99.2 Å². The molecule has 0 saturated heterocycles. The summed E-state index contributed by atoms with van der Waals surface area (Å²) in [4.78, 5) is 38.8. The predicted octanol–water partition coefficient (Wildman–Crippen LogP) is 10.8. The predicted molar refractivity (Wildman–Crippen MR) is 203 cm³/mol. The molecule has 4 aliphatic rings. The van der Waals surface area contributed by atoms with E-state index in [1.807, 2.05) is 0 Å². The highest BCUT2D eigenvalue weighted by Crippen LogP contribution is 2.69. The molecule has 4 rings (SSSR count). The number of rotatable bonds is 22. The molecule has 0 heterocycles. The number of aliphatic hydroxyl groups excluding tert-OH is 1. The molecule has 7 heteroatoms. The number of carbonyl (C=O) groups is 3. The molecule has 4 saturated carbocycles. The van der Waals surface area contributed by atoms with Crippen LogP contribution in [0.2, 0.25) is 0 Å². The number of esters is 2. The van der Waals surface area contributed by atoms with Crippen molar-refractivity contribution in [2.45, 2.75) is 213 Å². The molecule has 2 N–H and O–H groups in total. The van der Waals surface area contributed by atoms with Gasteiger partial charge in [0.25, 0.3) is 0 Å². The highest BCUT2D eigenvalue weighted by Gasteiger charge is 2.67. The smallest absolute Gasteiger partial charge is 0.306 e. The molecule has 0 aliphatic heterocycles. The average Bonchev–Trinajstić information content (AvgIpc) is 3.45. The summed E-state index contributed by atoms with van der Waals surface area (Å²) >= 11 is 0. The van der Waals surface area contributed by atoms with Gasteiger partial charge in [0, 0.05) is 30.6 Å². The maximum Gasteiger partial charge on any atom is 0.306 e. The number of fused-ring (bicyclic) bond motifs is 5. The van der Waals surface area contributed by atoms with Crippen LogP contribution in [0.4, 0.5) is 0 Å². The molecule has 7 nitrogen and oxygen atoms in total. The number of carboxylic acids is 1. The van der Waals surface area contributed by atoms with E-state index in [2.05, 4.69) is 34.6 Å². The lowest BCUT2D eigenvalue weighted by molar-refractivity contribution is -0.224. The summed E-state index contributed by atoms with van der Waals surface area (Å²) in [5.41, 5.74) is -0.321. The summed E-state index contributed by atoms with van der Waals surface area (Å²) in [7, 11) is 0. The number of hydrogen-bond donors (Lipinski definition) is 2. The van der Waals surface area contributed by atoms with Crippen molar-refractivity contribution in [2.75, 3.05) is 0 Å². The number of carboxylic acid groups (broad SMARTS) is 1. The van der Waals surface area contributed by atoms with E-state index < -0.39 is 5.97 Å². The van der Waals surface area contributed by atoms with Crippen molar-refractivity contribution in [1.82, 2.24) is 0 Å². The molecule has 0 radical (unpaired) electrons. The van der Waals surface area contributed by atoms with Crippen LogP contribution in [-0.4, -0.2) is 46.4 Å². The zero-order chi connectivity index (χ0) is 37.0. The van der Waals surface area contributed by atoms with Gasteiger partial charge in [-0.25, -0.2) is 0 Å². The lowest BCUT2D eigenvalue weighted by atomic mass is 9.43. The van der Waals surface area contributed by atoms with Crippen molar-refractivity contribution in [3.63, 3.8) is 0 Å². The number of aliphatic carboxylic acids is 1. The number of ether oxygens (including phenoxy) is 2. The van der Waals surface area contributed by atoms with E-state index in [9.17, 15) is 24.6 Å². The van der Waals surface area contributed by atoms with E-state index in [1.165, 1.54) is 57.8 Å². The molecule has 0 aromatic carbocycles. The molecule has 0 bridgehead atoms. The number of carbonyl (C=O) groups excluding carboxylic acids is 2. The maximum absolute atomic E-state index is 13.6. The summed E-state index contributed by atoms with van der Waals surface area (Å²) in [6.45, 7) is 11.4. The van der Waals surface area contributed by atoms with E-state index in [4.69, 9.17) is 9.47 Å². The van der Waals surface area contributed by atoms with E-state index in [0.29, 0.717) is 19.3 Å². The summed E-state index contributed by atoms with van der Waals surface area (Å²) < 4.78 is 13.2. The fourth-order valence-electron chi connectivity index (χ4n) is 11.8. The molecule has 0 amide bonds. The lowest BCUT2D eigenvalue weighted by Crippen LogP contribution is -2.63. The molecular weight excluding hydrogens is 640 g/mol. The van der Waals surface area contributed by atoms with Gasteiger partial charge in [-0.3, -0.25) is 14.4 Å². The molecular formula is C44H76O7. The molecule has 4 fully saturated rings. The van der Waals surface area contributed by atoms with Crippen molar-refractivity contribution < 1.29 is 34.1 Å². The molecule has 0 spiro atoms. The molecule has 294 valence electrons. The van der Waals surface area contributed by atoms with Crippen molar-refractivity contribution in [3.8, 4) is 0 Å². The first kappa shape index (κ1) is 42.1. The summed E-state index contributed by atoms with van der Waals surface area (Å²) in [6, 6.07) is 0. The van der Waals surface area contributed by atoms with Crippen LogP contribution in [0, 0.1) is 46.3 Å². The second-order valence-electron chi connectivity index (χ2n) is 18.1. The zero-order valence-corrected chi connectivity index (χ0v) is 33.3. The second kappa shape index (κ2) is 20.2. The van der Waals surface area contributed by atoms with Gasteiger partial charge >= 0.3 is 17.9 Å². The number of unbranched alkanes of at least 4 members (excludes halogenated alkanes) is 12. The summed E-state index contributed by atoms with van der Waals surface area (Å²) in [5, 5.41) is 20.4. The summed E-state index contributed by atoms with van der Waals surface area (Å²) in [5.74, 6) is 0.397. The fourth-order valence-corrected chi connectivity index (χ4v) is 11.8. The first-order chi connectivity index (χ1) is 24.4. The largest absolute Gasteiger partial charge is 0.481 e. The molecule has 51 heavy (non-hydrogen) atoms. The van der Waals surface area contributed by atoms with Crippen LogP contribution >= 0.6 is 0 Å². The lowest BCUT2D eigenvalue weighted by Gasteiger charge is -2.64. The minimum absolute atomic E-state index is 0.0111. The Hall–Kier alpha value is -1.63. The van der Waals surface area contributed by atoms with Crippen molar-refractivity contribution >= 4 is 17.9 Å². The molecule has 4 aliphatic carbocycles. The van der Waals surface area contributed by atoms with Crippen LogP contribution in [0.15, 0.2) is 0 Å². The fraction of sp³-hybridized carbons (Fsp3) is 0.932. The van der Waals surface area contributed by atoms with Crippen molar-refractivity contribution in [1.29, 1.82) is 0 Å². The van der Waals surface area contributed by atoms with Crippen molar-refractivity contribution in [2.24, 2.45) is 46.3 Å². The van der Waals surface area contributed by atoms with Crippen LogP contribution < -0.4 is 0 Å². The monoisotopic (exact) mass is 717 g/mol. The minimum Gasteiger partial charge on any atom is -0.481 e. The van der Waals surface area contributed by atoms with Crippen LogP contribution in [0.1, 0.15) is 195 Å². The molecule has 0 aromatic heterocycles. The zero-order valence-electron chi connectivity index (χ0n) is 33.3. The third-order valence-electron chi connectivity index (χ3n) is 14.8. The quantitative estimate of drug-likeness (QED) is 0.0847. The maximum atomic E-state index is 13.6. The third kappa shape index (κ3) is 10.7. The Morgan fingerprint density at radius 2 is 1.27 bits per heavy atom. The highest BCUT2D eigenvalue weighted by molar-refractivity contribution is 5.70. The minimum atomic E-state index is -0.762. The van der Waals surface area contributed by atoms with Gasteiger partial charge in [-0.2, -0.15) is 0 Å². The van der Waals surface area contributed by atoms with Gasteiger partial charge in [0.05, 0.1) is 6.10 Å². The van der Waals surface area contributed by atoms with E-state index >= 15 is 0 Å². The van der Waals surface area contributed by atoms with Crippen molar-refractivity contribution in [3.05, 3.63) is 0 Å². The molecule has 0 unspecified atom stereocenters. The van der Waals surface area contributed by atoms with Gasteiger partial charge in [-0.1, -0.05) is 112 Å². The Labute approximate surface area is 311 Å². The number of aliphatic hydroxyl groups is 1. The standard InChI is InChI=1S/C44H76O7/c1-6-8-10-12-14-16-18-20-40(48)50-37-29-32-28-33(45)26-27-43(32,4)36-30-38(51-41(49)21-19-17-15-13-11-9-7-2)44(5)34(23-24-35(44)42(36)37)31(3)22-25-39(46)47/h31-38,42,45H,6-30H2,1-5H3,(H,46,47)/t31-,32+,33-,34-,35+,36+,37-,38+,42+,43+,44-/m1/s1. The second-order valence-corrected chi connectivity index (χ2v) is 18.1. The van der Waals surface area contributed by atoms with Gasteiger partial charge < -0.3 is 19.7 Å². The van der Waals surface area contributed by atoms with Crippen LogP contribution in [0.5, 0.6) is 0 Å². The van der Waals surface area contributed by atoms with E-state index in [-0.39, 0.29) is 83.0 Å². The van der Waals surface area contributed by atoms with Gasteiger partial charge in [0.1, 0.15) is 12.2 Å². The normalized spacial score (nSPS) is 34.9. The average molecular weight is 717 g/mol. The Morgan fingerprint density at radius 3 is 1.86 bits per heavy atom. The number of hydrogen-bond acceptors (Lipinski definition) is 6. The Bertz CT molecular complexity index is 1090. The SMILES string of the molecule is CCCCCCCCCC(=O)O[C@H]1C[C@H]2[C@@H]([C@H](OC(=O)CCCCCCCCC)C[C@@H]3C[C@H](O)CC[C@@]32C)[C@@H]2CC[C@H]([C@H](C)CCC(=O)O)[C@@]12C. The molecule has 11 atom stereocenters. The first-order valence-electron chi connectivity index (χ1n) is 21.7. The summed E-state index contributed by atoms with van der Waals surface area (Å²) in [6.07, 6.45) is 23.1. The van der Waals surface area contributed by atoms with Crippen LogP contribution in [0.25, 0.3) is 0 Å².